The molecule has 0 aliphatic rings. The van der Waals surface area contributed by atoms with Crippen LogP contribution in [0.1, 0.15) is 11.1 Å². The molecule has 0 atom stereocenters. The average Bonchev–Trinajstić information content (AvgIpc) is 1.97. The van der Waals surface area contributed by atoms with E-state index in [1.807, 2.05) is 0 Å². The molecule has 0 saturated heterocycles. The Kier molecular flexibility index (Phi) is 3.25. The third-order valence-corrected chi connectivity index (χ3v) is 4.44. The van der Waals surface area contributed by atoms with E-state index in [0.29, 0.717) is 12.1 Å². The van der Waals surface area contributed by atoms with Gasteiger partial charge in [-0.1, -0.05) is 12.1 Å². The van der Waals surface area contributed by atoms with Crippen molar-refractivity contribution in [3.8, 4) is 0 Å². The van der Waals surface area contributed by atoms with Crippen molar-refractivity contribution in [3.05, 3.63) is 23.3 Å². The Morgan fingerprint density at radius 3 is 1.38 bits per heavy atom. The van der Waals surface area contributed by atoms with Crippen LogP contribution in [0, 0.1) is 13.8 Å². The molecule has 8 heteroatoms. The van der Waals surface area contributed by atoms with Gasteiger partial charge in [-0.05, 0) is 25.0 Å². The van der Waals surface area contributed by atoms with Crippen molar-refractivity contribution in [1.82, 2.24) is 0 Å². The van der Waals surface area contributed by atoms with Gasteiger partial charge in [-0.3, -0.25) is 0 Å². The lowest BCUT2D eigenvalue weighted by molar-refractivity contribution is 0.496. The first-order chi connectivity index (χ1) is 7.03. The van der Waals surface area contributed by atoms with Crippen molar-refractivity contribution in [1.29, 1.82) is 0 Å². The molecule has 0 aliphatic heterocycles. The highest BCUT2D eigenvalue weighted by Gasteiger charge is 2.45. The van der Waals surface area contributed by atoms with Crippen LogP contribution in [0.2, 0.25) is 0 Å². The number of benzene rings is 1. The van der Waals surface area contributed by atoms with Crippen LogP contribution < -0.4 is 10.4 Å². The van der Waals surface area contributed by atoms with E-state index in [-0.39, 0.29) is 11.1 Å². The van der Waals surface area contributed by atoms with Gasteiger partial charge in [0, 0.05) is 10.4 Å². The van der Waals surface area contributed by atoms with Crippen LogP contribution in [0.3, 0.4) is 0 Å². The lowest BCUT2D eigenvalue weighted by Gasteiger charge is -2.13. The minimum Gasteiger partial charge on any atom is -0.234 e. The summed E-state index contributed by atoms with van der Waals surface area (Å²) in [7, 11) is -12.1. The highest BCUT2D eigenvalue weighted by Crippen LogP contribution is 2.17. The molecule has 0 aliphatic carbocycles. The Morgan fingerprint density at radius 2 is 1.12 bits per heavy atom. The minimum atomic E-state index is -6.06. The normalized spacial score (nSPS) is 13.0. The van der Waals surface area contributed by atoms with Crippen LogP contribution in [0.5, 0.6) is 0 Å². The molecule has 0 fully saturated rings. The Balaban J connectivity index is 3.41. The zero-order valence-electron chi connectivity index (χ0n) is 8.42. The molecule has 0 N–H and O–H groups in total. The lowest BCUT2D eigenvalue weighted by atomic mass is 10.1. The molecule has 1 aromatic rings. The van der Waals surface area contributed by atoms with Gasteiger partial charge in [-0.15, -0.1) is 0 Å². The highest BCUT2D eigenvalue weighted by molar-refractivity contribution is 6.76. The SMILES string of the molecule is Cc1cc([Si](F)(F)F)cc(C)c1[Si](F)(F)F. The standard InChI is InChI=1S/C8H8F6Si2/c1-5-3-7(15(9,10)11)4-6(2)8(5)16(12,13)14/h3-4H,1-2H3. The largest absolute Gasteiger partial charge is 0.653 e. The smallest absolute Gasteiger partial charge is 0.234 e. The first kappa shape index (κ1) is 13.3. The lowest BCUT2D eigenvalue weighted by Crippen LogP contribution is -2.42. The van der Waals surface area contributed by atoms with Gasteiger partial charge in [-0.2, -0.15) is 0 Å². The molecule has 0 spiro atoms. The van der Waals surface area contributed by atoms with E-state index in [9.17, 15) is 24.6 Å². The van der Waals surface area contributed by atoms with Crippen LogP contribution in [-0.2, 0) is 0 Å². The maximum absolute atomic E-state index is 12.6. The Morgan fingerprint density at radius 1 is 0.750 bits per heavy atom. The van der Waals surface area contributed by atoms with Crippen molar-refractivity contribution in [3.63, 3.8) is 0 Å². The van der Waals surface area contributed by atoms with E-state index in [2.05, 4.69) is 0 Å². The monoisotopic (exact) mass is 274 g/mol. The predicted molar refractivity (Wildman–Crippen MR) is 53.3 cm³/mol. The highest BCUT2D eigenvalue weighted by atomic mass is 28.5. The van der Waals surface area contributed by atoms with Crippen molar-refractivity contribution in [2.75, 3.05) is 0 Å². The van der Waals surface area contributed by atoms with Crippen LogP contribution in [0.15, 0.2) is 12.1 Å². The summed E-state index contributed by atoms with van der Waals surface area (Å²) in [4.78, 5) is 0. The summed E-state index contributed by atoms with van der Waals surface area (Å²) in [5, 5.41) is -1.74. The molecule has 16 heavy (non-hydrogen) atoms. The van der Waals surface area contributed by atoms with E-state index in [1.165, 1.54) is 0 Å². The fraction of sp³-hybridized carbons (Fsp3) is 0.250. The van der Waals surface area contributed by atoms with Gasteiger partial charge >= 0.3 is 18.2 Å². The summed E-state index contributed by atoms with van der Waals surface area (Å²) >= 11 is 0. The number of hydrogen-bond donors (Lipinski definition) is 0. The molecule has 0 heterocycles. The summed E-state index contributed by atoms with van der Waals surface area (Å²) in [6.07, 6.45) is 0. The van der Waals surface area contributed by atoms with E-state index < -0.39 is 28.5 Å². The summed E-state index contributed by atoms with van der Waals surface area (Å²) in [5.41, 5.74) is -0.641. The molecule has 0 unspecified atom stereocenters. The molecule has 0 bridgehead atoms. The zero-order valence-corrected chi connectivity index (χ0v) is 10.4. The van der Waals surface area contributed by atoms with E-state index >= 15 is 0 Å². The van der Waals surface area contributed by atoms with Gasteiger partial charge in [0.15, 0.2) is 0 Å². The Bertz CT molecular complexity index is 383. The number of aryl methyl sites for hydroxylation is 2. The zero-order chi connectivity index (χ0) is 12.7. The molecule has 0 radical (unpaired) electrons. The second-order valence-electron chi connectivity index (χ2n) is 3.48. The second-order valence-corrected chi connectivity index (χ2v) is 6.55. The van der Waals surface area contributed by atoms with E-state index in [1.54, 1.807) is 0 Å². The van der Waals surface area contributed by atoms with Crippen LogP contribution in [0.4, 0.5) is 24.6 Å². The van der Waals surface area contributed by atoms with Crippen LogP contribution >= 0.6 is 0 Å². The van der Waals surface area contributed by atoms with E-state index in [4.69, 9.17) is 0 Å². The second kappa shape index (κ2) is 3.91. The fourth-order valence-corrected chi connectivity index (χ4v) is 3.37. The Hall–Kier alpha value is -0.766. The summed E-state index contributed by atoms with van der Waals surface area (Å²) < 4.78 is 75.2. The molecule has 0 amide bonds. The van der Waals surface area contributed by atoms with Crippen molar-refractivity contribution in [2.45, 2.75) is 13.8 Å². The molecular weight excluding hydrogens is 266 g/mol. The first-order valence-electron chi connectivity index (χ1n) is 4.29. The fourth-order valence-electron chi connectivity index (χ4n) is 1.57. The van der Waals surface area contributed by atoms with Gasteiger partial charge in [0.25, 0.3) is 0 Å². The molecule has 1 aromatic carbocycles. The predicted octanol–water partition coefficient (Wildman–Crippen LogP) is 2.41. The maximum Gasteiger partial charge on any atom is 0.653 e. The van der Waals surface area contributed by atoms with Crippen molar-refractivity contribution < 1.29 is 24.6 Å². The van der Waals surface area contributed by atoms with E-state index in [0.717, 1.165) is 13.8 Å². The van der Waals surface area contributed by atoms with Crippen LogP contribution in [0.25, 0.3) is 0 Å². The minimum absolute atomic E-state index is 0.320. The van der Waals surface area contributed by atoms with Gasteiger partial charge in [0.05, 0.1) is 0 Å². The topological polar surface area (TPSA) is 0 Å². The molecule has 1 rings (SSSR count). The molecule has 0 aromatic heterocycles. The first-order valence-corrected chi connectivity index (χ1v) is 7.56. The summed E-state index contributed by atoms with van der Waals surface area (Å²) in [6.45, 7) is 2.15. The average molecular weight is 274 g/mol. The third-order valence-electron chi connectivity index (χ3n) is 2.14. The number of halogens is 6. The third kappa shape index (κ3) is 2.67. The maximum atomic E-state index is 12.6. The summed E-state index contributed by atoms with van der Waals surface area (Å²) in [6, 6.07) is 1.21. The van der Waals surface area contributed by atoms with Gasteiger partial charge in [0.1, 0.15) is 0 Å². The molecule has 0 nitrogen and oxygen atoms in total. The molecule has 90 valence electrons. The van der Waals surface area contributed by atoms with Gasteiger partial charge in [0.2, 0.25) is 0 Å². The van der Waals surface area contributed by atoms with Crippen LogP contribution in [-0.4, -0.2) is 18.2 Å². The van der Waals surface area contributed by atoms with Gasteiger partial charge < -0.3 is 0 Å². The Labute approximate surface area is 91.0 Å². The van der Waals surface area contributed by atoms with Gasteiger partial charge in [-0.25, -0.2) is 24.6 Å². The number of rotatable bonds is 2. The van der Waals surface area contributed by atoms with Crippen molar-refractivity contribution in [2.24, 2.45) is 0 Å². The number of hydrogen-bond acceptors (Lipinski definition) is 0. The summed E-state index contributed by atoms with van der Waals surface area (Å²) in [5.74, 6) is 0. The molecule has 0 saturated carbocycles. The van der Waals surface area contributed by atoms with Crippen molar-refractivity contribution >= 4 is 28.5 Å². The molecular formula is C8H8F6Si2. The quantitative estimate of drug-likeness (QED) is 0.441.